The fourth-order valence-corrected chi connectivity index (χ4v) is 2.07. The fourth-order valence-electron chi connectivity index (χ4n) is 2.07. The van der Waals surface area contributed by atoms with Crippen molar-refractivity contribution in [2.45, 2.75) is 31.7 Å². The zero-order chi connectivity index (χ0) is 10.7. The fraction of sp³-hybridized carbons (Fsp3) is 0.538. The first-order valence-corrected chi connectivity index (χ1v) is 5.68. The summed E-state index contributed by atoms with van der Waals surface area (Å²) in [5, 5.41) is 0. The van der Waals surface area contributed by atoms with E-state index in [1.165, 1.54) is 24.8 Å². The molecule has 0 spiro atoms. The van der Waals surface area contributed by atoms with Crippen LogP contribution in [0, 0.1) is 5.92 Å². The molecule has 1 fully saturated rings. The highest BCUT2D eigenvalue weighted by molar-refractivity contribution is 5.27. The average Bonchev–Trinajstić information content (AvgIpc) is 2.16. The maximum Gasteiger partial charge on any atom is 0.118 e. The molecule has 2 rings (SSSR count). The maximum absolute atomic E-state index is 6.15. The van der Waals surface area contributed by atoms with E-state index in [9.17, 15) is 0 Å². The molecule has 0 aliphatic heterocycles. The molecule has 1 aliphatic carbocycles. The molecule has 1 saturated carbocycles. The van der Waals surface area contributed by atoms with Crippen LogP contribution in [0.25, 0.3) is 0 Å². The summed E-state index contributed by atoms with van der Waals surface area (Å²) in [6, 6.07) is 8.56. The van der Waals surface area contributed by atoms with E-state index in [2.05, 4.69) is 12.1 Å². The van der Waals surface area contributed by atoms with Gasteiger partial charge in [-0.25, -0.2) is 0 Å². The van der Waals surface area contributed by atoms with Crippen LogP contribution in [0.1, 0.15) is 24.8 Å². The van der Waals surface area contributed by atoms with Gasteiger partial charge in [-0.1, -0.05) is 18.6 Å². The zero-order valence-electron chi connectivity index (χ0n) is 9.28. The van der Waals surface area contributed by atoms with Gasteiger partial charge < -0.3 is 10.5 Å². The van der Waals surface area contributed by atoms with Crippen LogP contribution in [-0.2, 0) is 6.42 Å². The summed E-state index contributed by atoms with van der Waals surface area (Å²) >= 11 is 0. The molecule has 0 saturated heterocycles. The van der Waals surface area contributed by atoms with E-state index >= 15 is 0 Å². The van der Waals surface area contributed by atoms with Gasteiger partial charge in [0.25, 0.3) is 0 Å². The van der Waals surface area contributed by atoms with Crippen molar-refractivity contribution < 1.29 is 4.74 Å². The van der Waals surface area contributed by atoms with Gasteiger partial charge in [0.15, 0.2) is 0 Å². The van der Waals surface area contributed by atoms with E-state index in [1.807, 2.05) is 12.1 Å². The third kappa shape index (κ3) is 2.51. The molecule has 0 aromatic heterocycles. The number of rotatable bonds is 4. The van der Waals surface area contributed by atoms with E-state index in [0.29, 0.717) is 6.04 Å². The smallest absolute Gasteiger partial charge is 0.118 e. The molecule has 1 aliphatic rings. The lowest BCUT2D eigenvalue weighted by Gasteiger charge is -2.31. The van der Waals surface area contributed by atoms with Gasteiger partial charge in [0.2, 0.25) is 0 Å². The van der Waals surface area contributed by atoms with E-state index in [1.54, 1.807) is 7.11 Å². The Bertz CT molecular complexity index is 303. The van der Waals surface area contributed by atoms with E-state index in [4.69, 9.17) is 10.5 Å². The van der Waals surface area contributed by atoms with Crippen LogP contribution in [0.2, 0.25) is 0 Å². The summed E-state index contributed by atoms with van der Waals surface area (Å²) in [5.41, 5.74) is 7.47. The summed E-state index contributed by atoms with van der Waals surface area (Å²) in [7, 11) is 1.69. The van der Waals surface area contributed by atoms with Crippen molar-refractivity contribution in [3.63, 3.8) is 0 Å². The van der Waals surface area contributed by atoms with Crippen molar-refractivity contribution in [1.82, 2.24) is 0 Å². The highest BCUT2D eigenvalue weighted by Gasteiger charge is 2.24. The lowest BCUT2D eigenvalue weighted by molar-refractivity contribution is 0.260. The second kappa shape index (κ2) is 4.67. The predicted molar refractivity (Wildman–Crippen MR) is 62.0 cm³/mol. The average molecular weight is 205 g/mol. The van der Waals surface area contributed by atoms with Crippen molar-refractivity contribution >= 4 is 0 Å². The highest BCUT2D eigenvalue weighted by atomic mass is 16.5. The topological polar surface area (TPSA) is 35.2 Å². The first-order chi connectivity index (χ1) is 7.29. The third-order valence-electron chi connectivity index (χ3n) is 3.39. The summed E-state index contributed by atoms with van der Waals surface area (Å²) in [5.74, 6) is 1.67. The van der Waals surface area contributed by atoms with Gasteiger partial charge in [-0.3, -0.25) is 0 Å². The summed E-state index contributed by atoms with van der Waals surface area (Å²) in [6.07, 6.45) is 4.99. The largest absolute Gasteiger partial charge is 0.497 e. The Morgan fingerprint density at radius 3 is 2.47 bits per heavy atom. The Morgan fingerprint density at radius 1 is 1.33 bits per heavy atom. The van der Waals surface area contributed by atoms with Gasteiger partial charge in [0, 0.05) is 6.04 Å². The molecule has 1 aromatic rings. The van der Waals surface area contributed by atoms with Crippen LogP contribution in [0.3, 0.4) is 0 Å². The summed E-state index contributed by atoms with van der Waals surface area (Å²) in [4.78, 5) is 0. The molecule has 0 bridgehead atoms. The van der Waals surface area contributed by atoms with Crippen molar-refractivity contribution in [3.8, 4) is 5.75 Å². The Hall–Kier alpha value is -1.02. The number of hydrogen-bond donors (Lipinski definition) is 1. The second-order valence-corrected chi connectivity index (χ2v) is 4.41. The van der Waals surface area contributed by atoms with Crippen LogP contribution in [0.5, 0.6) is 5.75 Å². The number of methoxy groups -OCH3 is 1. The summed E-state index contributed by atoms with van der Waals surface area (Å²) in [6.45, 7) is 0. The van der Waals surface area contributed by atoms with Gasteiger partial charge in [-0.05, 0) is 42.9 Å². The number of nitrogens with two attached hydrogens (primary N) is 1. The minimum absolute atomic E-state index is 0.340. The monoisotopic (exact) mass is 205 g/mol. The van der Waals surface area contributed by atoms with Gasteiger partial charge in [0.1, 0.15) is 5.75 Å². The lowest BCUT2D eigenvalue weighted by atomic mass is 9.78. The molecule has 82 valence electrons. The van der Waals surface area contributed by atoms with Crippen molar-refractivity contribution in [2.24, 2.45) is 11.7 Å². The minimum Gasteiger partial charge on any atom is -0.497 e. The van der Waals surface area contributed by atoms with Gasteiger partial charge in [-0.2, -0.15) is 0 Å². The van der Waals surface area contributed by atoms with E-state index in [0.717, 1.165) is 18.1 Å². The zero-order valence-corrected chi connectivity index (χ0v) is 9.28. The Balaban J connectivity index is 1.91. The predicted octanol–water partition coefficient (Wildman–Crippen LogP) is 2.37. The molecule has 2 nitrogen and oxygen atoms in total. The normalized spacial score (nSPS) is 18.3. The molecule has 2 N–H and O–H groups in total. The van der Waals surface area contributed by atoms with Crippen LogP contribution in [0.15, 0.2) is 24.3 Å². The Labute approximate surface area is 91.4 Å². The molecule has 0 radical (unpaired) electrons. The minimum atomic E-state index is 0.340. The second-order valence-electron chi connectivity index (χ2n) is 4.41. The molecule has 2 heteroatoms. The molecular weight excluding hydrogens is 186 g/mol. The molecule has 15 heavy (non-hydrogen) atoms. The molecular formula is C13H19NO. The van der Waals surface area contributed by atoms with Crippen LogP contribution in [-0.4, -0.2) is 13.2 Å². The van der Waals surface area contributed by atoms with Gasteiger partial charge in [0.05, 0.1) is 7.11 Å². The van der Waals surface area contributed by atoms with Crippen LogP contribution in [0.4, 0.5) is 0 Å². The Morgan fingerprint density at radius 2 is 2.00 bits per heavy atom. The van der Waals surface area contributed by atoms with Crippen LogP contribution < -0.4 is 10.5 Å². The third-order valence-corrected chi connectivity index (χ3v) is 3.39. The summed E-state index contributed by atoms with van der Waals surface area (Å²) < 4.78 is 5.12. The lowest BCUT2D eigenvalue weighted by Crippen LogP contribution is -2.36. The van der Waals surface area contributed by atoms with Gasteiger partial charge >= 0.3 is 0 Å². The standard InChI is InChI=1S/C13H19NO/c1-15-12-7-5-10(6-8-12)9-13(14)11-3-2-4-11/h5-8,11,13H,2-4,9,14H2,1H3. The van der Waals surface area contributed by atoms with Gasteiger partial charge in [-0.15, -0.1) is 0 Å². The first kappa shape index (κ1) is 10.5. The molecule has 0 heterocycles. The number of hydrogen-bond acceptors (Lipinski definition) is 2. The SMILES string of the molecule is COc1ccc(CC(N)C2CCC2)cc1. The highest BCUT2D eigenvalue weighted by Crippen LogP contribution is 2.30. The molecule has 0 amide bonds. The van der Waals surface area contributed by atoms with Crippen molar-refractivity contribution in [1.29, 1.82) is 0 Å². The molecule has 1 aromatic carbocycles. The quantitative estimate of drug-likeness (QED) is 0.819. The van der Waals surface area contributed by atoms with E-state index in [-0.39, 0.29) is 0 Å². The first-order valence-electron chi connectivity index (χ1n) is 5.68. The molecule has 1 unspecified atom stereocenters. The van der Waals surface area contributed by atoms with Crippen molar-refractivity contribution in [2.75, 3.05) is 7.11 Å². The van der Waals surface area contributed by atoms with Crippen molar-refractivity contribution in [3.05, 3.63) is 29.8 Å². The van der Waals surface area contributed by atoms with E-state index < -0.39 is 0 Å². The number of benzene rings is 1. The van der Waals surface area contributed by atoms with Crippen LogP contribution >= 0.6 is 0 Å². The number of ether oxygens (including phenoxy) is 1. The molecule has 1 atom stereocenters. The maximum atomic E-state index is 6.15. The Kier molecular flexibility index (Phi) is 3.27.